The third-order valence-electron chi connectivity index (χ3n) is 2.60. The summed E-state index contributed by atoms with van der Waals surface area (Å²) in [6.45, 7) is -0.765. The van der Waals surface area contributed by atoms with Gasteiger partial charge in [0.05, 0.1) is 6.61 Å². The zero-order chi connectivity index (χ0) is 14.6. The van der Waals surface area contributed by atoms with Crippen LogP contribution in [-0.2, 0) is 4.74 Å². The Bertz CT molecular complexity index is 485. The largest absolute Gasteiger partial charge is 0.486 e. The fourth-order valence-electron chi connectivity index (χ4n) is 1.71. The number of Topliss-reactive ketones (excluding diaryl/α,β-unsaturated/α-hetero) is 1. The maximum atomic E-state index is 11.9. The standard InChI is InChI=1S/C13H13F3O4/c14-13(15,16)8-18-4-3-10(17)9-1-2-11-12(7-9)20-6-5-19-11/h1-2,7H,3-6,8H2. The summed E-state index contributed by atoms with van der Waals surface area (Å²) in [6.07, 6.45) is -4.49. The number of hydrogen-bond donors (Lipinski definition) is 0. The SMILES string of the molecule is O=C(CCOCC(F)(F)F)c1ccc2c(c1)OCCO2. The molecule has 0 spiro atoms. The van der Waals surface area contributed by atoms with Crippen molar-refractivity contribution in [1.29, 1.82) is 0 Å². The van der Waals surface area contributed by atoms with Crippen molar-refractivity contribution in [2.45, 2.75) is 12.6 Å². The van der Waals surface area contributed by atoms with Crippen molar-refractivity contribution in [2.75, 3.05) is 26.4 Å². The maximum absolute atomic E-state index is 11.9. The Kier molecular flexibility index (Phi) is 4.49. The van der Waals surface area contributed by atoms with Gasteiger partial charge in [0.1, 0.15) is 19.8 Å². The molecule has 0 aliphatic carbocycles. The molecule has 0 N–H and O–H groups in total. The highest BCUT2D eigenvalue weighted by Crippen LogP contribution is 2.31. The first kappa shape index (κ1) is 14.6. The Labute approximate surface area is 113 Å². The third-order valence-corrected chi connectivity index (χ3v) is 2.60. The van der Waals surface area contributed by atoms with Crippen LogP contribution in [0.5, 0.6) is 11.5 Å². The van der Waals surface area contributed by atoms with E-state index in [1.807, 2.05) is 0 Å². The number of rotatable bonds is 5. The van der Waals surface area contributed by atoms with Crippen LogP contribution in [0.3, 0.4) is 0 Å². The predicted octanol–water partition coefficient (Wildman–Crippen LogP) is 2.61. The molecule has 0 bridgehead atoms. The molecule has 1 aromatic rings. The summed E-state index contributed by atoms with van der Waals surface area (Å²) in [6, 6.07) is 4.69. The fourth-order valence-corrected chi connectivity index (χ4v) is 1.71. The van der Waals surface area contributed by atoms with Crippen LogP contribution in [0.15, 0.2) is 18.2 Å². The molecule has 2 rings (SSSR count). The molecule has 1 aromatic carbocycles. The molecule has 1 heterocycles. The highest BCUT2D eigenvalue weighted by molar-refractivity contribution is 5.96. The number of halogens is 3. The summed E-state index contributed by atoms with van der Waals surface area (Å²) < 4.78 is 50.6. The average Bonchev–Trinajstić information content (AvgIpc) is 2.42. The lowest BCUT2D eigenvalue weighted by Gasteiger charge is -2.18. The van der Waals surface area contributed by atoms with Gasteiger partial charge in [-0.05, 0) is 18.2 Å². The Morgan fingerprint density at radius 1 is 1.20 bits per heavy atom. The van der Waals surface area contributed by atoms with E-state index in [-0.39, 0.29) is 18.8 Å². The van der Waals surface area contributed by atoms with Gasteiger partial charge in [0.25, 0.3) is 0 Å². The van der Waals surface area contributed by atoms with Crippen molar-refractivity contribution >= 4 is 5.78 Å². The van der Waals surface area contributed by atoms with Crippen LogP contribution in [0, 0.1) is 0 Å². The van der Waals surface area contributed by atoms with E-state index in [0.717, 1.165) is 0 Å². The van der Waals surface area contributed by atoms with Crippen LogP contribution in [-0.4, -0.2) is 38.4 Å². The molecule has 0 atom stereocenters. The molecular formula is C13H13F3O4. The summed E-state index contributed by atoms with van der Waals surface area (Å²) in [5.74, 6) is 0.726. The molecule has 0 saturated heterocycles. The minimum absolute atomic E-state index is 0.115. The van der Waals surface area contributed by atoms with E-state index in [2.05, 4.69) is 4.74 Å². The summed E-state index contributed by atoms with van der Waals surface area (Å²) in [4.78, 5) is 11.8. The second kappa shape index (κ2) is 6.13. The fraction of sp³-hybridized carbons (Fsp3) is 0.462. The van der Waals surface area contributed by atoms with Crippen LogP contribution in [0.2, 0.25) is 0 Å². The second-order valence-corrected chi connectivity index (χ2v) is 4.20. The minimum atomic E-state index is -4.37. The molecule has 0 fully saturated rings. The Morgan fingerprint density at radius 2 is 1.90 bits per heavy atom. The number of ether oxygens (including phenoxy) is 3. The number of hydrogen-bond acceptors (Lipinski definition) is 4. The molecule has 0 saturated carbocycles. The number of ketones is 1. The van der Waals surface area contributed by atoms with Crippen LogP contribution in [0.1, 0.15) is 16.8 Å². The minimum Gasteiger partial charge on any atom is -0.486 e. The Morgan fingerprint density at radius 3 is 2.60 bits per heavy atom. The van der Waals surface area contributed by atoms with Gasteiger partial charge in [-0.3, -0.25) is 4.79 Å². The number of carbonyl (C=O) groups is 1. The van der Waals surface area contributed by atoms with Crippen LogP contribution in [0.4, 0.5) is 13.2 Å². The highest BCUT2D eigenvalue weighted by atomic mass is 19.4. The summed E-state index contributed by atoms with van der Waals surface area (Å²) in [7, 11) is 0. The van der Waals surface area contributed by atoms with Gasteiger partial charge >= 0.3 is 6.18 Å². The van der Waals surface area contributed by atoms with E-state index in [0.29, 0.717) is 30.3 Å². The highest BCUT2D eigenvalue weighted by Gasteiger charge is 2.27. The number of alkyl halides is 3. The topological polar surface area (TPSA) is 44.8 Å². The first-order valence-electron chi connectivity index (χ1n) is 6.03. The van der Waals surface area contributed by atoms with Crippen molar-refractivity contribution in [3.05, 3.63) is 23.8 Å². The van der Waals surface area contributed by atoms with Gasteiger partial charge < -0.3 is 14.2 Å². The quantitative estimate of drug-likeness (QED) is 0.617. The molecule has 4 nitrogen and oxygen atoms in total. The lowest BCUT2D eigenvalue weighted by Crippen LogP contribution is -2.18. The van der Waals surface area contributed by atoms with E-state index in [9.17, 15) is 18.0 Å². The van der Waals surface area contributed by atoms with Gasteiger partial charge in [0.15, 0.2) is 17.3 Å². The molecule has 1 aliphatic heterocycles. The third kappa shape index (κ3) is 4.12. The molecule has 110 valence electrons. The molecule has 0 unspecified atom stereocenters. The maximum Gasteiger partial charge on any atom is 0.411 e. The molecule has 0 amide bonds. The van der Waals surface area contributed by atoms with Crippen LogP contribution >= 0.6 is 0 Å². The molecule has 0 radical (unpaired) electrons. The predicted molar refractivity (Wildman–Crippen MR) is 63.3 cm³/mol. The summed E-state index contributed by atoms with van der Waals surface area (Å²) in [5.41, 5.74) is 0.366. The number of benzene rings is 1. The molecule has 1 aliphatic rings. The molecule has 0 aromatic heterocycles. The van der Waals surface area contributed by atoms with Gasteiger partial charge in [-0.2, -0.15) is 13.2 Å². The number of fused-ring (bicyclic) bond motifs is 1. The van der Waals surface area contributed by atoms with Crippen LogP contribution < -0.4 is 9.47 Å². The van der Waals surface area contributed by atoms with E-state index in [1.165, 1.54) is 6.07 Å². The lowest BCUT2D eigenvalue weighted by atomic mass is 10.1. The molecular weight excluding hydrogens is 277 g/mol. The van der Waals surface area contributed by atoms with Gasteiger partial charge in [-0.15, -0.1) is 0 Å². The summed E-state index contributed by atoms with van der Waals surface area (Å²) in [5, 5.41) is 0. The number of carbonyl (C=O) groups excluding carboxylic acids is 1. The Hall–Kier alpha value is -1.76. The molecule has 7 heteroatoms. The van der Waals surface area contributed by atoms with Crippen molar-refractivity contribution in [2.24, 2.45) is 0 Å². The Balaban J connectivity index is 1.86. The van der Waals surface area contributed by atoms with Gasteiger partial charge in [-0.1, -0.05) is 0 Å². The van der Waals surface area contributed by atoms with E-state index < -0.39 is 12.8 Å². The summed E-state index contributed by atoms with van der Waals surface area (Å²) >= 11 is 0. The molecule has 20 heavy (non-hydrogen) atoms. The van der Waals surface area contributed by atoms with Crippen molar-refractivity contribution in [1.82, 2.24) is 0 Å². The van der Waals surface area contributed by atoms with Gasteiger partial charge in [0.2, 0.25) is 0 Å². The van der Waals surface area contributed by atoms with Crippen molar-refractivity contribution in [3.63, 3.8) is 0 Å². The zero-order valence-electron chi connectivity index (χ0n) is 10.5. The van der Waals surface area contributed by atoms with E-state index in [1.54, 1.807) is 12.1 Å². The first-order chi connectivity index (χ1) is 9.46. The zero-order valence-corrected chi connectivity index (χ0v) is 10.5. The van der Waals surface area contributed by atoms with Gasteiger partial charge in [0, 0.05) is 12.0 Å². The van der Waals surface area contributed by atoms with Crippen molar-refractivity contribution in [3.8, 4) is 11.5 Å². The second-order valence-electron chi connectivity index (χ2n) is 4.20. The first-order valence-corrected chi connectivity index (χ1v) is 6.03. The normalized spacial score (nSPS) is 14.2. The lowest BCUT2D eigenvalue weighted by molar-refractivity contribution is -0.173. The van der Waals surface area contributed by atoms with Gasteiger partial charge in [-0.25, -0.2) is 0 Å². The van der Waals surface area contributed by atoms with Crippen LogP contribution in [0.25, 0.3) is 0 Å². The average molecular weight is 290 g/mol. The van der Waals surface area contributed by atoms with Crippen molar-refractivity contribution < 1.29 is 32.2 Å². The smallest absolute Gasteiger partial charge is 0.411 e. The monoisotopic (exact) mass is 290 g/mol. The van der Waals surface area contributed by atoms with E-state index in [4.69, 9.17) is 9.47 Å². The van der Waals surface area contributed by atoms with E-state index >= 15 is 0 Å².